The van der Waals surface area contributed by atoms with Crippen LogP contribution in [0, 0.1) is 19.8 Å². The predicted molar refractivity (Wildman–Crippen MR) is 98.7 cm³/mol. The molecule has 3 aromatic rings. The van der Waals surface area contributed by atoms with Crippen LogP contribution in [0.15, 0.2) is 42.7 Å². The van der Waals surface area contributed by atoms with E-state index in [1.54, 1.807) is 15.8 Å². The number of amides is 1. The lowest BCUT2D eigenvalue weighted by molar-refractivity contribution is -0.134. The molecule has 7 heteroatoms. The van der Waals surface area contributed by atoms with Crippen molar-refractivity contribution in [3.8, 4) is 5.69 Å². The molecule has 0 N–H and O–H groups in total. The molecule has 0 radical (unpaired) electrons. The summed E-state index contributed by atoms with van der Waals surface area (Å²) >= 11 is 0. The van der Waals surface area contributed by atoms with E-state index >= 15 is 0 Å². The summed E-state index contributed by atoms with van der Waals surface area (Å²) in [4.78, 5) is 18.8. The first-order valence-electron chi connectivity index (χ1n) is 8.66. The molecule has 7 nitrogen and oxygen atoms in total. The van der Waals surface area contributed by atoms with Crippen LogP contribution in [0.25, 0.3) is 5.69 Å². The van der Waals surface area contributed by atoms with Gasteiger partial charge in [-0.3, -0.25) is 4.79 Å². The molecule has 0 saturated carbocycles. The van der Waals surface area contributed by atoms with Crippen molar-refractivity contribution in [1.82, 2.24) is 29.4 Å². The Morgan fingerprint density at radius 2 is 2.08 bits per heavy atom. The molecular formula is C19H24N6O. The molecule has 136 valence electrons. The third-order valence-electron chi connectivity index (χ3n) is 4.31. The number of rotatable bonds is 6. The molecule has 0 aliphatic heterocycles. The van der Waals surface area contributed by atoms with E-state index in [2.05, 4.69) is 15.2 Å². The van der Waals surface area contributed by atoms with Crippen molar-refractivity contribution in [2.75, 3.05) is 7.05 Å². The van der Waals surface area contributed by atoms with Crippen LogP contribution in [-0.2, 0) is 17.9 Å². The first-order valence-corrected chi connectivity index (χ1v) is 8.66. The second-order valence-corrected chi connectivity index (χ2v) is 6.60. The molecule has 1 amide bonds. The summed E-state index contributed by atoms with van der Waals surface area (Å²) in [5.74, 6) is 1.47. The Morgan fingerprint density at radius 1 is 1.27 bits per heavy atom. The smallest absolute Gasteiger partial charge is 0.227 e. The number of aromatic nitrogens is 5. The van der Waals surface area contributed by atoms with E-state index in [1.807, 2.05) is 69.0 Å². The van der Waals surface area contributed by atoms with Gasteiger partial charge in [0, 0.05) is 26.0 Å². The van der Waals surface area contributed by atoms with Crippen molar-refractivity contribution in [3.05, 3.63) is 59.9 Å². The summed E-state index contributed by atoms with van der Waals surface area (Å²) in [6, 6.07) is 9.93. The zero-order valence-corrected chi connectivity index (χ0v) is 15.6. The van der Waals surface area contributed by atoms with Crippen molar-refractivity contribution in [3.63, 3.8) is 0 Å². The molecule has 0 spiro atoms. The maximum atomic E-state index is 12.7. The molecule has 0 saturated heterocycles. The molecule has 0 aliphatic carbocycles. The zero-order chi connectivity index (χ0) is 18.7. The lowest BCUT2D eigenvalue weighted by Crippen LogP contribution is -2.33. The summed E-state index contributed by atoms with van der Waals surface area (Å²) in [7, 11) is 1.83. The van der Waals surface area contributed by atoms with Gasteiger partial charge in [0.1, 0.15) is 11.6 Å². The largest absolute Gasteiger partial charge is 0.341 e. The Labute approximate surface area is 153 Å². The van der Waals surface area contributed by atoms with Gasteiger partial charge in [-0.2, -0.15) is 10.2 Å². The monoisotopic (exact) mass is 352 g/mol. The van der Waals surface area contributed by atoms with Gasteiger partial charge in [-0.15, -0.1) is 0 Å². The Hall–Kier alpha value is -2.96. The van der Waals surface area contributed by atoms with E-state index in [1.165, 1.54) is 0 Å². The number of benzene rings is 1. The number of carbonyl (C=O) groups is 1. The van der Waals surface area contributed by atoms with Crippen LogP contribution < -0.4 is 0 Å². The molecule has 2 aromatic heterocycles. The van der Waals surface area contributed by atoms with Crippen LogP contribution >= 0.6 is 0 Å². The minimum absolute atomic E-state index is 0.0852. The highest BCUT2D eigenvalue weighted by Crippen LogP contribution is 2.13. The summed E-state index contributed by atoms with van der Waals surface area (Å²) in [5.41, 5.74) is 2.05. The van der Waals surface area contributed by atoms with E-state index in [0.29, 0.717) is 13.1 Å². The maximum absolute atomic E-state index is 12.7. The predicted octanol–water partition coefficient (Wildman–Crippen LogP) is 2.38. The van der Waals surface area contributed by atoms with E-state index in [4.69, 9.17) is 0 Å². The third kappa shape index (κ3) is 3.99. The molecule has 0 bridgehead atoms. The summed E-state index contributed by atoms with van der Waals surface area (Å²) < 4.78 is 3.61. The Kier molecular flexibility index (Phi) is 5.16. The van der Waals surface area contributed by atoms with Gasteiger partial charge in [-0.1, -0.05) is 19.1 Å². The van der Waals surface area contributed by atoms with Crippen molar-refractivity contribution in [1.29, 1.82) is 0 Å². The first-order chi connectivity index (χ1) is 12.4. The fourth-order valence-corrected chi connectivity index (χ4v) is 3.02. The van der Waals surface area contributed by atoms with Gasteiger partial charge in [0.25, 0.3) is 0 Å². The van der Waals surface area contributed by atoms with Crippen LogP contribution in [0.2, 0.25) is 0 Å². The molecule has 1 atom stereocenters. The Bertz CT molecular complexity index is 883. The number of nitrogens with zero attached hydrogens (tertiary/aromatic N) is 6. The summed E-state index contributed by atoms with van der Waals surface area (Å²) in [6.45, 7) is 6.77. The van der Waals surface area contributed by atoms with Gasteiger partial charge < -0.3 is 4.90 Å². The van der Waals surface area contributed by atoms with Gasteiger partial charge in [-0.25, -0.2) is 14.3 Å². The zero-order valence-electron chi connectivity index (χ0n) is 15.6. The SMILES string of the molecule is Cc1nc(C)n(CC(C)C(=O)N(C)Cc2cccc(-n3cccn3)c2)n1. The third-order valence-corrected chi connectivity index (χ3v) is 4.31. The Balaban J connectivity index is 1.65. The first kappa shape index (κ1) is 17.8. The number of hydrogen-bond acceptors (Lipinski definition) is 4. The van der Waals surface area contributed by atoms with Crippen LogP contribution in [0.3, 0.4) is 0 Å². The second-order valence-electron chi connectivity index (χ2n) is 6.60. The van der Waals surface area contributed by atoms with Crippen LogP contribution in [0.4, 0.5) is 0 Å². The average Bonchev–Trinajstić information content (AvgIpc) is 3.24. The minimum atomic E-state index is -0.172. The normalized spacial score (nSPS) is 12.2. The summed E-state index contributed by atoms with van der Waals surface area (Å²) in [5, 5.41) is 8.59. The van der Waals surface area contributed by atoms with E-state index < -0.39 is 0 Å². The number of hydrogen-bond donors (Lipinski definition) is 0. The van der Waals surface area contributed by atoms with Crippen LogP contribution in [-0.4, -0.2) is 42.4 Å². The van der Waals surface area contributed by atoms with Crippen molar-refractivity contribution >= 4 is 5.91 Å². The van der Waals surface area contributed by atoms with Crippen molar-refractivity contribution in [2.24, 2.45) is 5.92 Å². The molecular weight excluding hydrogens is 328 g/mol. The van der Waals surface area contributed by atoms with E-state index in [0.717, 1.165) is 22.9 Å². The Morgan fingerprint density at radius 3 is 2.73 bits per heavy atom. The van der Waals surface area contributed by atoms with E-state index in [-0.39, 0.29) is 11.8 Å². The van der Waals surface area contributed by atoms with Gasteiger partial charge in [0.15, 0.2) is 0 Å². The van der Waals surface area contributed by atoms with Gasteiger partial charge in [0.05, 0.1) is 18.2 Å². The lowest BCUT2D eigenvalue weighted by Gasteiger charge is -2.22. The van der Waals surface area contributed by atoms with Gasteiger partial charge >= 0.3 is 0 Å². The molecule has 26 heavy (non-hydrogen) atoms. The fraction of sp³-hybridized carbons (Fsp3) is 0.368. The second kappa shape index (κ2) is 7.51. The number of aryl methyl sites for hydroxylation is 2. The highest BCUT2D eigenvalue weighted by atomic mass is 16.2. The molecule has 0 aliphatic rings. The maximum Gasteiger partial charge on any atom is 0.227 e. The van der Waals surface area contributed by atoms with Gasteiger partial charge in [-0.05, 0) is 37.6 Å². The topological polar surface area (TPSA) is 68.8 Å². The molecule has 1 unspecified atom stereocenters. The average molecular weight is 352 g/mol. The molecule has 2 heterocycles. The van der Waals surface area contributed by atoms with Gasteiger partial charge in [0.2, 0.25) is 5.91 Å². The fourth-order valence-electron chi connectivity index (χ4n) is 3.02. The summed E-state index contributed by atoms with van der Waals surface area (Å²) in [6.07, 6.45) is 3.65. The van der Waals surface area contributed by atoms with Crippen LogP contribution in [0.5, 0.6) is 0 Å². The standard InChI is InChI=1S/C19H24N6O/c1-14(12-25-16(3)21-15(2)22-25)19(26)23(4)13-17-7-5-8-18(11-17)24-10-6-9-20-24/h5-11,14H,12-13H2,1-4H3. The minimum Gasteiger partial charge on any atom is -0.341 e. The molecule has 3 rings (SSSR count). The molecule has 0 fully saturated rings. The highest BCUT2D eigenvalue weighted by Gasteiger charge is 2.19. The highest BCUT2D eigenvalue weighted by molar-refractivity contribution is 5.78. The quantitative estimate of drug-likeness (QED) is 0.683. The lowest BCUT2D eigenvalue weighted by atomic mass is 10.1. The van der Waals surface area contributed by atoms with Crippen LogP contribution in [0.1, 0.15) is 24.1 Å². The van der Waals surface area contributed by atoms with Crippen molar-refractivity contribution in [2.45, 2.75) is 33.9 Å². The molecule has 1 aromatic carbocycles. The number of carbonyl (C=O) groups excluding carboxylic acids is 1. The van der Waals surface area contributed by atoms with Crippen molar-refractivity contribution < 1.29 is 4.79 Å². The van der Waals surface area contributed by atoms with E-state index in [9.17, 15) is 4.79 Å².